The quantitative estimate of drug-likeness (QED) is 0.445. The maximum absolute atomic E-state index is 11.4. The van der Waals surface area contributed by atoms with Gasteiger partial charge in [0.1, 0.15) is 0 Å². The number of hydrogen-bond donors (Lipinski definition) is 0. The fraction of sp³-hybridized carbons (Fsp3) is 0.800. The van der Waals surface area contributed by atoms with E-state index < -0.39 is 16.6 Å². The zero-order valence-corrected chi connectivity index (χ0v) is 16.3. The SMILES string of the molecule is C=CC(=O)N(C)CCC[Si](C)(C)O[Si](C)(C)CCCC. The molecule has 0 heterocycles. The van der Waals surface area contributed by atoms with Gasteiger partial charge in [0, 0.05) is 13.6 Å². The van der Waals surface area contributed by atoms with Crippen LogP contribution >= 0.6 is 0 Å². The zero-order valence-electron chi connectivity index (χ0n) is 14.3. The summed E-state index contributed by atoms with van der Waals surface area (Å²) in [7, 11) is -1.27. The molecule has 0 aromatic carbocycles. The van der Waals surface area contributed by atoms with E-state index in [0.717, 1.165) is 19.0 Å². The highest BCUT2D eigenvalue weighted by molar-refractivity contribution is 6.84. The van der Waals surface area contributed by atoms with Crippen LogP contribution in [0.4, 0.5) is 0 Å². The molecule has 0 saturated carbocycles. The molecule has 5 heteroatoms. The van der Waals surface area contributed by atoms with Crippen molar-refractivity contribution in [1.82, 2.24) is 4.90 Å². The molecule has 0 saturated heterocycles. The Hall–Kier alpha value is -0.396. The number of likely N-dealkylation sites (N-methyl/N-ethyl adjacent to an activating group) is 1. The summed E-state index contributed by atoms with van der Waals surface area (Å²) in [5.41, 5.74) is 0. The Morgan fingerprint density at radius 3 is 2.10 bits per heavy atom. The van der Waals surface area contributed by atoms with Crippen LogP contribution in [0.15, 0.2) is 12.7 Å². The lowest BCUT2D eigenvalue weighted by Crippen LogP contribution is -2.44. The predicted molar refractivity (Wildman–Crippen MR) is 93.0 cm³/mol. The summed E-state index contributed by atoms with van der Waals surface area (Å²) in [6.45, 7) is 15.8. The van der Waals surface area contributed by atoms with Crippen LogP contribution in [0.2, 0.25) is 38.3 Å². The summed E-state index contributed by atoms with van der Waals surface area (Å²) in [6, 6.07) is 2.37. The van der Waals surface area contributed by atoms with Crippen molar-refractivity contribution >= 4 is 22.5 Å². The molecular weight excluding hydrogens is 282 g/mol. The van der Waals surface area contributed by atoms with E-state index in [9.17, 15) is 4.79 Å². The molecule has 0 aromatic heterocycles. The first-order chi connectivity index (χ1) is 9.13. The Kier molecular flexibility index (Phi) is 8.62. The Balaban J connectivity index is 4.18. The van der Waals surface area contributed by atoms with Crippen molar-refractivity contribution in [2.24, 2.45) is 0 Å². The summed E-state index contributed by atoms with van der Waals surface area (Å²) in [5.74, 6) is 0.00282. The van der Waals surface area contributed by atoms with Crippen molar-refractivity contribution in [2.75, 3.05) is 13.6 Å². The van der Waals surface area contributed by atoms with E-state index in [1.54, 1.807) is 4.90 Å². The van der Waals surface area contributed by atoms with Crippen LogP contribution in [-0.4, -0.2) is 41.0 Å². The molecule has 20 heavy (non-hydrogen) atoms. The molecular formula is C15H33NO2Si2. The number of nitrogens with zero attached hydrogens (tertiary/aromatic N) is 1. The van der Waals surface area contributed by atoms with Crippen molar-refractivity contribution in [1.29, 1.82) is 0 Å². The van der Waals surface area contributed by atoms with E-state index >= 15 is 0 Å². The Morgan fingerprint density at radius 2 is 1.65 bits per heavy atom. The number of amides is 1. The van der Waals surface area contributed by atoms with Crippen LogP contribution in [0.3, 0.4) is 0 Å². The molecule has 0 bridgehead atoms. The van der Waals surface area contributed by atoms with Crippen molar-refractivity contribution in [3.05, 3.63) is 12.7 Å². The fourth-order valence-electron chi connectivity index (χ4n) is 2.46. The molecule has 118 valence electrons. The van der Waals surface area contributed by atoms with Crippen LogP contribution in [0.1, 0.15) is 26.2 Å². The molecule has 0 spiro atoms. The van der Waals surface area contributed by atoms with Gasteiger partial charge in [-0.3, -0.25) is 4.79 Å². The van der Waals surface area contributed by atoms with E-state index in [-0.39, 0.29) is 5.91 Å². The van der Waals surface area contributed by atoms with Crippen LogP contribution < -0.4 is 0 Å². The molecule has 1 amide bonds. The molecule has 0 aliphatic rings. The normalized spacial score (nSPS) is 12.3. The maximum atomic E-state index is 11.4. The lowest BCUT2D eigenvalue weighted by atomic mass is 10.4. The van der Waals surface area contributed by atoms with Gasteiger partial charge in [0.2, 0.25) is 5.91 Å². The molecule has 0 fully saturated rings. The first-order valence-corrected chi connectivity index (χ1v) is 13.9. The van der Waals surface area contributed by atoms with Gasteiger partial charge in [-0.05, 0) is 50.8 Å². The summed E-state index contributed by atoms with van der Waals surface area (Å²) < 4.78 is 6.55. The van der Waals surface area contributed by atoms with Gasteiger partial charge in [-0.25, -0.2) is 0 Å². The lowest BCUT2D eigenvalue weighted by Gasteiger charge is -2.34. The smallest absolute Gasteiger partial charge is 0.245 e. The van der Waals surface area contributed by atoms with E-state index in [2.05, 4.69) is 39.7 Å². The van der Waals surface area contributed by atoms with Gasteiger partial charge in [0.05, 0.1) is 0 Å². The number of hydrogen-bond acceptors (Lipinski definition) is 2. The van der Waals surface area contributed by atoms with Crippen LogP contribution in [0, 0.1) is 0 Å². The van der Waals surface area contributed by atoms with E-state index in [4.69, 9.17) is 4.12 Å². The van der Waals surface area contributed by atoms with Crippen molar-refractivity contribution in [3.63, 3.8) is 0 Å². The molecule has 0 atom stereocenters. The molecule has 0 aromatic rings. The number of unbranched alkanes of at least 4 members (excludes halogenated alkanes) is 1. The summed E-state index contributed by atoms with van der Waals surface area (Å²) >= 11 is 0. The third kappa shape index (κ3) is 8.71. The van der Waals surface area contributed by atoms with Crippen LogP contribution in [0.5, 0.6) is 0 Å². The topological polar surface area (TPSA) is 29.5 Å². The molecule has 0 aliphatic carbocycles. The number of rotatable bonds is 10. The largest absolute Gasteiger partial charge is 0.455 e. The van der Waals surface area contributed by atoms with Gasteiger partial charge in [-0.2, -0.15) is 0 Å². The first kappa shape index (κ1) is 19.6. The monoisotopic (exact) mass is 315 g/mol. The average molecular weight is 316 g/mol. The van der Waals surface area contributed by atoms with Gasteiger partial charge in [0.25, 0.3) is 0 Å². The maximum Gasteiger partial charge on any atom is 0.245 e. The molecule has 0 aliphatic heterocycles. The molecule has 0 rings (SSSR count). The minimum atomic E-state index is -1.60. The number of carbonyl (C=O) groups excluding carboxylic acids is 1. The second-order valence-electron chi connectivity index (χ2n) is 6.79. The molecule has 0 N–H and O–H groups in total. The Labute approximate surface area is 127 Å². The minimum Gasteiger partial charge on any atom is -0.455 e. The highest BCUT2D eigenvalue weighted by atomic mass is 28.4. The van der Waals surface area contributed by atoms with Gasteiger partial charge in [0.15, 0.2) is 16.6 Å². The first-order valence-electron chi connectivity index (χ1n) is 7.71. The molecule has 0 unspecified atom stereocenters. The standard InChI is InChI=1S/C15H33NO2Si2/c1-8-10-13-19(4,5)18-20(6,7)14-11-12-16(3)15(17)9-2/h9H,2,8,10-14H2,1,3-7H3. The Morgan fingerprint density at radius 1 is 1.15 bits per heavy atom. The molecule has 0 radical (unpaired) electrons. The second kappa shape index (κ2) is 8.79. The molecule has 3 nitrogen and oxygen atoms in total. The lowest BCUT2D eigenvalue weighted by molar-refractivity contribution is -0.124. The highest BCUT2D eigenvalue weighted by Gasteiger charge is 2.32. The predicted octanol–water partition coefficient (Wildman–Crippen LogP) is 4.25. The van der Waals surface area contributed by atoms with E-state index in [0.29, 0.717) is 0 Å². The van der Waals surface area contributed by atoms with Crippen LogP contribution in [0.25, 0.3) is 0 Å². The van der Waals surface area contributed by atoms with E-state index in [1.807, 2.05) is 7.05 Å². The summed E-state index contributed by atoms with van der Waals surface area (Å²) in [4.78, 5) is 13.1. The fourth-order valence-corrected chi connectivity index (χ4v) is 11.5. The van der Waals surface area contributed by atoms with Gasteiger partial charge in [-0.15, -0.1) is 0 Å². The second-order valence-corrected chi connectivity index (χ2v) is 15.6. The summed E-state index contributed by atoms with van der Waals surface area (Å²) in [6.07, 6.45) is 4.92. The van der Waals surface area contributed by atoms with Gasteiger partial charge < -0.3 is 9.02 Å². The third-order valence-corrected chi connectivity index (χ3v) is 11.0. The third-order valence-electron chi connectivity index (χ3n) is 3.51. The summed E-state index contributed by atoms with van der Waals surface area (Å²) in [5, 5.41) is 0. The van der Waals surface area contributed by atoms with Crippen LogP contribution in [-0.2, 0) is 8.91 Å². The van der Waals surface area contributed by atoms with Crippen molar-refractivity contribution < 1.29 is 8.91 Å². The van der Waals surface area contributed by atoms with Crippen molar-refractivity contribution in [3.8, 4) is 0 Å². The highest BCUT2D eigenvalue weighted by Crippen LogP contribution is 2.24. The zero-order chi connectivity index (χ0) is 15.8. The average Bonchev–Trinajstić information content (AvgIpc) is 2.33. The Bertz CT molecular complexity index is 317. The number of carbonyl (C=O) groups is 1. The van der Waals surface area contributed by atoms with Gasteiger partial charge in [-0.1, -0.05) is 26.3 Å². The van der Waals surface area contributed by atoms with E-state index in [1.165, 1.54) is 25.0 Å². The minimum absolute atomic E-state index is 0.00282. The van der Waals surface area contributed by atoms with Crippen molar-refractivity contribution in [2.45, 2.75) is 64.5 Å². The van der Waals surface area contributed by atoms with Gasteiger partial charge >= 0.3 is 0 Å².